The van der Waals surface area contributed by atoms with Crippen LogP contribution in [-0.2, 0) is 25.6 Å². The highest BCUT2D eigenvalue weighted by Crippen LogP contribution is 2.28. The fourth-order valence-corrected chi connectivity index (χ4v) is 2.67. The van der Waals surface area contributed by atoms with E-state index >= 15 is 0 Å². The Balaban J connectivity index is 1.66. The lowest BCUT2D eigenvalue weighted by Crippen LogP contribution is -2.49. The molecular formula is C15H19N3O4. The molecule has 1 aromatic rings. The highest BCUT2D eigenvalue weighted by molar-refractivity contribution is 5.86. The van der Waals surface area contributed by atoms with Crippen molar-refractivity contribution in [3.05, 3.63) is 35.9 Å². The summed E-state index contributed by atoms with van der Waals surface area (Å²) in [5, 5.41) is 2.67. The molecule has 0 spiro atoms. The van der Waals surface area contributed by atoms with Crippen LogP contribution in [0.4, 0.5) is 0 Å². The van der Waals surface area contributed by atoms with E-state index in [2.05, 4.69) is 5.32 Å². The van der Waals surface area contributed by atoms with E-state index in [4.69, 9.17) is 15.2 Å². The van der Waals surface area contributed by atoms with Crippen LogP contribution in [0.5, 0.6) is 0 Å². The van der Waals surface area contributed by atoms with Gasteiger partial charge < -0.3 is 25.4 Å². The van der Waals surface area contributed by atoms with E-state index in [-0.39, 0.29) is 11.8 Å². The Kier molecular flexibility index (Phi) is 4.37. The molecule has 2 aliphatic heterocycles. The number of carbonyl (C=O) groups is 2. The summed E-state index contributed by atoms with van der Waals surface area (Å²) in [7, 11) is 0. The summed E-state index contributed by atoms with van der Waals surface area (Å²) in [6.07, 6.45) is -2.19. The molecule has 0 aromatic heterocycles. The molecule has 0 saturated carbocycles. The fourth-order valence-electron chi connectivity index (χ4n) is 2.67. The lowest BCUT2D eigenvalue weighted by Gasteiger charge is -2.30. The first kappa shape index (κ1) is 15.0. The van der Waals surface area contributed by atoms with Crippen LogP contribution in [0.25, 0.3) is 0 Å². The van der Waals surface area contributed by atoms with Crippen molar-refractivity contribution in [2.45, 2.75) is 25.0 Å². The number of benzene rings is 1. The summed E-state index contributed by atoms with van der Waals surface area (Å²) in [4.78, 5) is 26.0. The Bertz CT molecular complexity index is 551. The molecule has 0 radical (unpaired) electrons. The number of amides is 2. The monoisotopic (exact) mass is 305 g/mol. The second-order valence-electron chi connectivity index (χ2n) is 5.35. The summed E-state index contributed by atoms with van der Waals surface area (Å²) in [5.41, 5.74) is 6.39. The van der Waals surface area contributed by atoms with Crippen LogP contribution in [-0.4, -0.2) is 54.8 Å². The third kappa shape index (κ3) is 2.96. The van der Waals surface area contributed by atoms with Gasteiger partial charge in [-0.25, -0.2) is 0 Å². The number of ether oxygens (including phenoxy) is 2. The van der Waals surface area contributed by atoms with Crippen molar-refractivity contribution in [3.8, 4) is 0 Å². The van der Waals surface area contributed by atoms with E-state index in [1.807, 2.05) is 30.3 Å². The molecule has 7 nitrogen and oxygen atoms in total. The van der Waals surface area contributed by atoms with Crippen LogP contribution in [0.15, 0.2) is 30.3 Å². The number of rotatable bonds is 5. The van der Waals surface area contributed by atoms with Crippen molar-refractivity contribution in [3.63, 3.8) is 0 Å². The normalized spacial score (nSPS) is 27.0. The van der Waals surface area contributed by atoms with Crippen LogP contribution in [0.3, 0.4) is 0 Å². The van der Waals surface area contributed by atoms with E-state index in [0.29, 0.717) is 26.2 Å². The number of nitrogens with one attached hydrogen (secondary N) is 1. The third-order valence-electron chi connectivity index (χ3n) is 3.74. The summed E-state index contributed by atoms with van der Waals surface area (Å²) in [6.45, 7) is 1.55. The van der Waals surface area contributed by atoms with Crippen LogP contribution in [0.2, 0.25) is 0 Å². The molecule has 2 bridgehead atoms. The molecule has 0 unspecified atom stereocenters. The summed E-state index contributed by atoms with van der Waals surface area (Å²) >= 11 is 0. The van der Waals surface area contributed by atoms with Crippen LogP contribution >= 0.6 is 0 Å². The van der Waals surface area contributed by atoms with Gasteiger partial charge in [-0.1, -0.05) is 30.3 Å². The topological polar surface area (TPSA) is 93.9 Å². The highest BCUT2D eigenvalue weighted by Gasteiger charge is 2.50. The molecule has 3 N–H and O–H groups in total. The van der Waals surface area contributed by atoms with Gasteiger partial charge in [-0.05, 0) is 5.56 Å². The number of morpholine rings is 1. The van der Waals surface area contributed by atoms with Gasteiger partial charge >= 0.3 is 0 Å². The number of hydrogen-bond acceptors (Lipinski definition) is 5. The predicted molar refractivity (Wildman–Crippen MR) is 77.5 cm³/mol. The molecule has 118 valence electrons. The Morgan fingerprint density at radius 2 is 2.09 bits per heavy atom. The van der Waals surface area contributed by atoms with Gasteiger partial charge in [0, 0.05) is 19.6 Å². The van der Waals surface area contributed by atoms with Gasteiger partial charge in [0.25, 0.3) is 11.8 Å². The van der Waals surface area contributed by atoms with Gasteiger partial charge in [-0.2, -0.15) is 0 Å². The lowest BCUT2D eigenvalue weighted by molar-refractivity contribution is -0.172. The zero-order chi connectivity index (χ0) is 15.5. The third-order valence-corrected chi connectivity index (χ3v) is 3.74. The number of carbonyl (C=O) groups excluding carboxylic acids is 2. The highest BCUT2D eigenvalue weighted by atomic mass is 16.7. The fraction of sp³-hybridized carbons (Fsp3) is 0.467. The van der Waals surface area contributed by atoms with Gasteiger partial charge in [-0.15, -0.1) is 0 Å². The molecule has 0 aliphatic carbocycles. The maximum absolute atomic E-state index is 12.3. The van der Waals surface area contributed by atoms with Gasteiger partial charge in [0.1, 0.15) is 6.10 Å². The standard InChI is InChI=1S/C15H19N3O4/c16-6-7-17-13(19)12-11-9-18(14(20)15(21-11)22-12)8-10-4-2-1-3-5-10/h1-5,11-12,15H,6-9,16H2,(H,17,19)/t11-,12+,15+/m1/s1. The molecule has 22 heavy (non-hydrogen) atoms. The molecule has 3 atom stereocenters. The first-order valence-corrected chi connectivity index (χ1v) is 7.30. The van der Waals surface area contributed by atoms with Crippen molar-refractivity contribution in [2.75, 3.05) is 19.6 Å². The van der Waals surface area contributed by atoms with Gasteiger partial charge in [0.15, 0.2) is 6.10 Å². The number of nitrogens with two attached hydrogens (primary N) is 1. The maximum Gasteiger partial charge on any atom is 0.280 e. The predicted octanol–water partition coefficient (Wildman–Crippen LogP) is -0.786. The molecule has 3 rings (SSSR count). The van der Waals surface area contributed by atoms with Gasteiger partial charge in [0.2, 0.25) is 6.29 Å². The largest absolute Gasteiger partial charge is 0.352 e. The van der Waals surface area contributed by atoms with E-state index in [9.17, 15) is 9.59 Å². The van der Waals surface area contributed by atoms with E-state index in [0.717, 1.165) is 5.56 Å². The molecule has 2 amide bonds. The molecule has 2 fully saturated rings. The molecule has 1 aromatic carbocycles. The van der Waals surface area contributed by atoms with Crippen LogP contribution in [0, 0.1) is 0 Å². The Morgan fingerprint density at radius 3 is 2.82 bits per heavy atom. The first-order valence-electron chi connectivity index (χ1n) is 7.30. The molecule has 2 heterocycles. The molecule has 7 heteroatoms. The van der Waals surface area contributed by atoms with Gasteiger partial charge in [-0.3, -0.25) is 9.59 Å². The summed E-state index contributed by atoms with van der Waals surface area (Å²) in [6, 6.07) is 9.69. The van der Waals surface area contributed by atoms with Crippen LogP contribution < -0.4 is 11.1 Å². The van der Waals surface area contributed by atoms with E-state index < -0.39 is 18.5 Å². The van der Waals surface area contributed by atoms with Crippen molar-refractivity contribution >= 4 is 11.8 Å². The first-order chi connectivity index (χ1) is 10.7. The maximum atomic E-state index is 12.3. The quantitative estimate of drug-likeness (QED) is 0.744. The van der Waals surface area contributed by atoms with Crippen molar-refractivity contribution in [1.29, 1.82) is 0 Å². The minimum atomic E-state index is -0.990. The lowest BCUT2D eigenvalue weighted by atomic mass is 10.1. The molecule has 2 aliphatic rings. The van der Waals surface area contributed by atoms with E-state index in [1.54, 1.807) is 4.90 Å². The number of fused-ring (bicyclic) bond motifs is 2. The van der Waals surface area contributed by atoms with E-state index in [1.165, 1.54) is 0 Å². The Labute approximate surface area is 128 Å². The average Bonchev–Trinajstić information content (AvgIpc) is 2.90. The van der Waals surface area contributed by atoms with Crippen LogP contribution in [0.1, 0.15) is 5.56 Å². The second kappa shape index (κ2) is 6.43. The minimum Gasteiger partial charge on any atom is -0.352 e. The summed E-state index contributed by atoms with van der Waals surface area (Å²) in [5.74, 6) is -0.526. The van der Waals surface area contributed by atoms with Crippen molar-refractivity contribution < 1.29 is 19.1 Å². The zero-order valence-corrected chi connectivity index (χ0v) is 12.1. The number of nitrogens with zero attached hydrogens (tertiary/aromatic N) is 1. The molecular weight excluding hydrogens is 286 g/mol. The second-order valence-corrected chi connectivity index (χ2v) is 5.35. The van der Waals surface area contributed by atoms with Gasteiger partial charge in [0.05, 0.1) is 6.54 Å². The Morgan fingerprint density at radius 1 is 1.32 bits per heavy atom. The Hall–Kier alpha value is -1.96. The number of hydrogen-bond donors (Lipinski definition) is 2. The SMILES string of the molecule is NCCNC(=O)[C@H]1O[C@@H]2O[C@@H]1CN(Cc1ccccc1)C2=O. The van der Waals surface area contributed by atoms with Crippen molar-refractivity contribution in [2.24, 2.45) is 5.73 Å². The molecule has 2 saturated heterocycles. The zero-order valence-electron chi connectivity index (χ0n) is 12.1. The smallest absolute Gasteiger partial charge is 0.280 e. The minimum absolute atomic E-state index is 0.241. The average molecular weight is 305 g/mol. The summed E-state index contributed by atoms with van der Waals surface area (Å²) < 4.78 is 10.9. The van der Waals surface area contributed by atoms with Crippen molar-refractivity contribution in [1.82, 2.24) is 10.2 Å².